The van der Waals surface area contributed by atoms with Crippen molar-refractivity contribution in [1.82, 2.24) is 9.62 Å². The summed E-state index contributed by atoms with van der Waals surface area (Å²) in [6.45, 7) is 4.06. The molecule has 1 aliphatic rings. The fourth-order valence-electron chi connectivity index (χ4n) is 2.42. The largest absolute Gasteiger partial charge is 0.417 e. The molecule has 22 heavy (non-hydrogen) atoms. The van der Waals surface area contributed by atoms with Crippen molar-refractivity contribution >= 4 is 22.4 Å². The van der Waals surface area contributed by atoms with E-state index in [-0.39, 0.29) is 25.0 Å². The minimum absolute atomic E-state index is 0. The fourth-order valence-corrected chi connectivity index (χ4v) is 4.33. The number of hydrogen-bond donors (Lipinski definition) is 1. The van der Waals surface area contributed by atoms with Gasteiger partial charge in [-0.15, -0.1) is 12.4 Å². The molecule has 0 aromatic heterocycles. The molecule has 9 heteroatoms. The number of piperazine rings is 1. The summed E-state index contributed by atoms with van der Waals surface area (Å²) in [6, 6.07) is 3.77. The fraction of sp³-hybridized carbons (Fsp3) is 0.538. The maximum atomic E-state index is 13.0. The number of alkyl halides is 3. The molecule has 1 fully saturated rings. The van der Waals surface area contributed by atoms with Gasteiger partial charge >= 0.3 is 6.18 Å². The van der Waals surface area contributed by atoms with Crippen molar-refractivity contribution in [3.63, 3.8) is 0 Å². The van der Waals surface area contributed by atoms with Gasteiger partial charge in [0.1, 0.15) is 0 Å². The van der Waals surface area contributed by atoms with Crippen LogP contribution in [0.3, 0.4) is 0 Å². The molecule has 1 aliphatic heterocycles. The molecule has 0 amide bonds. The minimum atomic E-state index is -4.70. The molecular formula is C13H18ClF3N2O2S. The summed E-state index contributed by atoms with van der Waals surface area (Å²) in [5.74, 6) is 0. The monoisotopic (exact) mass is 358 g/mol. The predicted molar refractivity (Wildman–Crippen MR) is 79.5 cm³/mol. The molecule has 1 aromatic rings. The highest BCUT2D eigenvalue weighted by Gasteiger charge is 2.41. The van der Waals surface area contributed by atoms with Crippen LogP contribution in [0.1, 0.15) is 19.4 Å². The lowest BCUT2D eigenvalue weighted by atomic mass is 10.1. The van der Waals surface area contributed by atoms with E-state index in [0.29, 0.717) is 6.54 Å². The van der Waals surface area contributed by atoms with E-state index in [0.717, 1.165) is 16.4 Å². The van der Waals surface area contributed by atoms with Gasteiger partial charge in [0.15, 0.2) is 0 Å². The third-order valence-electron chi connectivity index (χ3n) is 3.76. The Morgan fingerprint density at radius 3 is 2.41 bits per heavy atom. The molecule has 0 aliphatic carbocycles. The van der Waals surface area contributed by atoms with E-state index in [1.165, 1.54) is 12.1 Å². The van der Waals surface area contributed by atoms with E-state index in [9.17, 15) is 21.6 Å². The third-order valence-corrected chi connectivity index (χ3v) is 5.80. The molecule has 1 heterocycles. The molecule has 2 unspecified atom stereocenters. The quantitative estimate of drug-likeness (QED) is 0.883. The van der Waals surface area contributed by atoms with Gasteiger partial charge in [0.2, 0.25) is 10.0 Å². The van der Waals surface area contributed by atoms with Gasteiger partial charge in [-0.2, -0.15) is 17.5 Å². The van der Waals surface area contributed by atoms with E-state index in [1.807, 2.05) is 6.92 Å². The summed E-state index contributed by atoms with van der Waals surface area (Å²) in [5, 5.41) is 3.10. The van der Waals surface area contributed by atoms with Gasteiger partial charge in [-0.3, -0.25) is 0 Å². The van der Waals surface area contributed by atoms with Crippen LogP contribution in [0.15, 0.2) is 29.2 Å². The second-order valence-corrected chi connectivity index (χ2v) is 6.95. The molecule has 0 bridgehead atoms. The van der Waals surface area contributed by atoms with Gasteiger partial charge in [0, 0.05) is 25.2 Å². The van der Waals surface area contributed by atoms with E-state index >= 15 is 0 Å². The minimum Gasteiger partial charge on any atom is -0.311 e. The van der Waals surface area contributed by atoms with Crippen molar-refractivity contribution in [3.8, 4) is 0 Å². The standard InChI is InChI=1S/C13H17F3N2O2S.ClH/c1-9-10(2)18(8-7-17-9)21(19,20)12-6-4-3-5-11(12)13(14,15)16;/h3-6,9-10,17H,7-8H2,1-2H3;1H. The van der Waals surface area contributed by atoms with Crippen molar-refractivity contribution < 1.29 is 21.6 Å². The zero-order valence-electron chi connectivity index (χ0n) is 12.1. The van der Waals surface area contributed by atoms with Crippen molar-refractivity contribution in [2.45, 2.75) is 37.0 Å². The molecule has 4 nitrogen and oxygen atoms in total. The molecule has 2 atom stereocenters. The summed E-state index contributed by atoms with van der Waals surface area (Å²) in [4.78, 5) is -0.682. The summed E-state index contributed by atoms with van der Waals surface area (Å²) in [7, 11) is -4.18. The molecule has 1 aromatic carbocycles. The van der Waals surface area contributed by atoms with Crippen LogP contribution in [-0.4, -0.2) is 37.9 Å². The first-order valence-electron chi connectivity index (χ1n) is 6.57. The summed E-state index contributed by atoms with van der Waals surface area (Å²) in [6.07, 6.45) is -4.70. The van der Waals surface area contributed by atoms with Crippen LogP contribution in [0.2, 0.25) is 0 Å². The molecule has 1 saturated heterocycles. The Morgan fingerprint density at radius 1 is 1.23 bits per heavy atom. The lowest BCUT2D eigenvalue weighted by molar-refractivity contribution is -0.139. The lowest BCUT2D eigenvalue weighted by Gasteiger charge is -2.37. The molecule has 0 radical (unpaired) electrons. The Labute approximate surface area is 134 Å². The van der Waals surface area contributed by atoms with Gasteiger partial charge in [0.05, 0.1) is 10.5 Å². The van der Waals surface area contributed by atoms with Crippen LogP contribution in [0.4, 0.5) is 13.2 Å². The lowest BCUT2D eigenvalue weighted by Crippen LogP contribution is -2.57. The highest BCUT2D eigenvalue weighted by atomic mass is 35.5. The first-order chi connectivity index (χ1) is 9.65. The van der Waals surface area contributed by atoms with Gasteiger partial charge in [-0.1, -0.05) is 12.1 Å². The van der Waals surface area contributed by atoms with Crippen molar-refractivity contribution in [2.75, 3.05) is 13.1 Å². The number of benzene rings is 1. The molecule has 1 N–H and O–H groups in total. The van der Waals surface area contributed by atoms with Crippen LogP contribution in [0.5, 0.6) is 0 Å². The first-order valence-corrected chi connectivity index (χ1v) is 8.01. The smallest absolute Gasteiger partial charge is 0.311 e. The normalized spacial score (nSPS) is 23.9. The van der Waals surface area contributed by atoms with Gasteiger partial charge < -0.3 is 5.32 Å². The maximum Gasteiger partial charge on any atom is 0.417 e. The van der Waals surface area contributed by atoms with Gasteiger partial charge in [-0.05, 0) is 26.0 Å². The zero-order chi connectivity index (χ0) is 15.8. The van der Waals surface area contributed by atoms with Crippen molar-refractivity contribution in [1.29, 1.82) is 0 Å². The molecule has 126 valence electrons. The summed E-state index contributed by atoms with van der Waals surface area (Å²) >= 11 is 0. The number of sulfonamides is 1. The highest BCUT2D eigenvalue weighted by Crippen LogP contribution is 2.35. The summed E-state index contributed by atoms with van der Waals surface area (Å²) < 4.78 is 65.4. The Kier molecular flexibility index (Phi) is 5.88. The number of hydrogen-bond acceptors (Lipinski definition) is 3. The topological polar surface area (TPSA) is 49.4 Å². The SMILES string of the molecule is CC1NCCN(S(=O)(=O)c2ccccc2C(F)(F)F)C1C.Cl. The number of halogens is 4. The van der Waals surface area contributed by atoms with Crippen molar-refractivity contribution in [3.05, 3.63) is 29.8 Å². The maximum absolute atomic E-state index is 13.0. The van der Waals surface area contributed by atoms with Gasteiger partial charge in [-0.25, -0.2) is 8.42 Å². The van der Waals surface area contributed by atoms with Gasteiger partial charge in [0.25, 0.3) is 0 Å². The second-order valence-electron chi connectivity index (χ2n) is 5.09. The zero-order valence-corrected chi connectivity index (χ0v) is 13.7. The van der Waals surface area contributed by atoms with E-state index in [2.05, 4.69) is 5.32 Å². The van der Waals surface area contributed by atoms with Crippen LogP contribution in [0.25, 0.3) is 0 Å². The Bertz CT molecular complexity index is 622. The average molecular weight is 359 g/mol. The third kappa shape index (κ3) is 3.56. The Balaban J connectivity index is 0.00000242. The first kappa shape index (κ1) is 19.2. The van der Waals surface area contributed by atoms with Crippen LogP contribution in [-0.2, 0) is 16.2 Å². The van der Waals surface area contributed by atoms with Crippen molar-refractivity contribution in [2.24, 2.45) is 0 Å². The second kappa shape index (κ2) is 6.74. The Morgan fingerprint density at radius 2 is 1.82 bits per heavy atom. The molecule has 2 rings (SSSR count). The van der Waals surface area contributed by atoms with Crippen LogP contribution in [0, 0.1) is 0 Å². The highest BCUT2D eigenvalue weighted by molar-refractivity contribution is 7.89. The van der Waals surface area contributed by atoms with Crippen LogP contribution >= 0.6 is 12.4 Å². The Hall–Kier alpha value is -0.830. The van der Waals surface area contributed by atoms with Crippen LogP contribution < -0.4 is 5.32 Å². The molecule has 0 spiro atoms. The number of nitrogens with zero attached hydrogens (tertiary/aromatic N) is 1. The number of rotatable bonds is 2. The predicted octanol–water partition coefficient (Wildman–Crippen LogP) is 2.50. The molecule has 0 saturated carbocycles. The summed E-state index contributed by atoms with van der Waals surface area (Å²) in [5.41, 5.74) is -1.12. The van der Waals surface area contributed by atoms with E-state index in [4.69, 9.17) is 0 Å². The van der Waals surface area contributed by atoms with E-state index < -0.39 is 32.7 Å². The van der Waals surface area contributed by atoms with E-state index in [1.54, 1.807) is 6.92 Å². The number of nitrogens with one attached hydrogen (secondary N) is 1. The average Bonchev–Trinajstić information content (AvgIpc) is 2.41. The molecular weight excluding hydrogens is 341 g/mol.